The van der Waals surface area contributed by atoms with Gasteiger partial charge in [-0.1, -0.05) is 60.7 Å². The van der Waals surface area contributed by atoms with E-state index in [4.69, 9.17) is 5.73 Å². The lowest BCUT2D eigenvalue weighted by Crippen LogP contribution is -2.57. The molecule has 0 amide bonds. The Bertz CT molecular complexity index is 854. The fourth-order valence-electron chi connectivity index (χ4n) is 3.53. The summed E-state index contributed by atoms with van der Waals surface area (Å²) in [6.45, 7) is 2.49. The van der Waals surface area contributed by atoms with Crippen molar-refractivity contribution in [3.8, 4) is 0 Å². The number of likely N-dealkylation sites (N-methyl/N-ethyl adjacent to an activating group) is 1. The lowest BCUT2D eigenvalue weighted by molar-refractivity contribution is 0.447. The van der Waals surface area contributed by atoms with Crippen LogP contribution in [0.2, 0.25) is 0 Å². The number of hydrogen-bond acceptors (Lipinski definition) is 6. The Hall–Kier alpha value is -2.96. The molecule has 1 fully saturated rings. The van der Waals surface area contributed by atoms with E-state index in [2.05, 4.69) is 74.0 Å². The first-order chi connectivity index (χ1) is 13.7. The van der Waals surface area contributed by atoms with Gasteiger partial charge in [-0.2, -0.15) is 4.98 Å². The van der Waals surface area contributed by atoms with E-state index in [0.717, 1.165) is 24.6 Å². The maximum Gasteiger partial charge on any atom is 0.222 e. The van der Waals surface area contributed by atoms with Crippen molar-refractivity contribution in [1.29, 1.82) is 0 Å². The van der Waals surface area contributed by atoms with Crippen molar-refractivity contribution in [3.63, 3.8) is 0 Å². The zero-order valence-electron chi connectivity index (χ0n) is 16.0. The highest BCUT2D eigenvalue weighted by Crippen LogP contribution is 2.24. The molecule has 0 unspecified atom stereocenters. The molecule has 0 saturated carbocycles. The van der Waals surface area contributed by atoms with Crippen molar-refractivity contribution < 1.29 is 0 Å². The van der Waals surface area contributed by atoms with Gasteiger partial charge in [-0.25, -0.2) is 4.98 Å². The van der Waals surface area contributed by atoms with Gasteiger partial charge in [0, 0.05) is 31.7 Å². The number of nitrogens with zero attached hydrogens (tertiary/aromatic N) is 3. The average Bonchev–Trinajstić information content (AvgIpc) is 2.69. The molecule has 0 radical (unpaired) electrons. The Morgan fingerprint density at radius 1 is 1.00 bits per heavy atom. The average molecular weight is 374 g/mol. The lowest BCUT2D eigenvalue weighted by atomic mass is 9.98. The second-order valence-electron chi connectivity index (χ2n) is 7.10. The first kappa shape index (κ1) is 18.4. The van der Waals surface area contributed by atoms with Gasteiger partial charge in [-0.15, -0.1) is 0 Å². The Morgan fingerprint density at radius 2 is 1.61 bits per heavy atom. The number of benzene rings is 2. The van der Waals surface area contributed by atoms with Gasteiger partial charge in [0.15, 0.2) is 0 Å². The molecule has 4 N–H and O–H groups in total. The molecule has 4 rings (SSSR count). The van der Waals surface area contributed by atoms with Crippen LogP contribution in [-0.2, 0) is 6.54 Å². The van der Waals surface area contributed by atoms with Gasteiger partial charge in [-0.05, 0) is 18.2 Å². The summed E-state index contributed by atoms with van der Waals surface area (Å²) in [6, 6.07) is 23.5. The molecule has 144 valence electrons. The number of hydrogen-bond donors (Lipinski definition) is 3. The SMILES string of the molecule is CNC1CN(c2cc(CNC(c3ccccc3)c3ccccc3)nc(N)n2)C1. The summed E-state index contributed by atoms with van der Waals surface area (Å²) in [5.41, 5.74) is 9.31. The highest BCUT2D eigenvalue weighted by molar-refractivity contribution is 5.46. The smallest absolute Gasteiger partial charge is 0.222 e. The van der Waals surface area contributed by atoms with Crippen molar-refractivity contribution in [2.24, 2.45) is 0 Å². The number of aromatic nitrogens is 2. The number of rotatable bonds is 7. The number of anilines is 2. The third kappa shape index (κ3) is 4.13. The Labute approximate surface area is 165 Å². The van der Waals surface area contributed by atoms with Crippen LogP contribution in [-0.4, -0.2) is 36.1 Å². The summed E-state index contributed by atoms with van der Waals surface area (Å²) in [5, 5.41) is 6.92. The standard InChI is InChI=1S/C22H26N6/c1-24-19-14-28(15-19)20-12-18(26-22(23)27-20)13-25-21(16-8-4-2-5-9-16)17-10-6-3-7-11-17/h2-12,19,21,24-25H,13-15H2,1H3,(H2,23,26,27). The maximum atomic E-state index is 5.98. The molecule has 6 heteroatoms. The molecule has 1 aliphatic rings. The molecule has 1 saturated heterocycles. The molecule has 1 aliphatic heterocycles. The van der Waals surface area contributed by atoms with Crippen LogP contribution in [0.15, 0.2) is 66.7 Å². The zero-order chi connectivity index (χ0) is 19.3. The van der Waals surface area contributed by atoms with E-state index in [1.54, 1.807) is 0 Å². The molecule has 0 bridgehead atoms. The van der Waals surface area contributed by atoms with E-state index in [-0.39, 0.29) is 6.04 Å². The maximum absolute atomic E-state index is 5.98. The van der Waals surface area contributed by atoms with Crippen LogP contribution in [0.3, 0.4) is 0 Å². The largest absolute Gasteiger partial charge is 0.368 e. The minimum absolute atomic E-state index is 0.0831. The van der Waals surface area contributed by atoms with Crippen LogP contribution in [0.5, 0.6) is 0 Å². The van der Waals surface area contributed by atoms with Gasteiger partial charge >= 0.3 is 0 Å². The predicted molar refractivity (Wildman–Crippen MR) is 113 cm³/mol. The van der Waals surface area contributed by atoms with Crippen LogP contribution in [0, 0.1) is 0 Å². The molecular weight excluding hydrogens is 348 g/mol. The first-order valence-corrected chi connectivity index (χ1v) is 9.62. The number of nitrogens with one attached hydrogen (secondary N) is 2. The summed E-state index contributed by atoms with van der Waals surface area (Å²) >= 11 is 0. The van der Waals surface area contributed by atoms with E-state index in [9.17, 15) is 0 Å². The second-order valence-corrected chi connectivity index (χ2v) is 7.10. The fourth-order valence-corrected chi connectivity index (χ4v) is 3.53. The number of nitrogens with two attached hydrogens (primary N) is 1. The Kier molecular flexibility index (Phi) is 5.50. The zero-order valence-corrected chi connectivity index (χ0v) is 16.0. The van der Waals surface area contributed by atoms with Crippen LogP contribution >= 0.6 is 0 Å². The predicted octanol–water partition coefficient (Wildman–Crippen LogP) is 2.35. The second kappa shape index (κ2) is 8.37. The number of nitrogen functional groups attached to an aromatic ring is 1. The quantitative estimate of drug-likeness (QED) is 0.589. The topological polar surface area (TPSA) is 79.1 Å². The van der Waals surface area contributed by atoms with Gasteiger partial charge in [0.1, 0.15) is 5.82 Å². The summed E-state index contributed by atoms with van der Waals surface area (Å²) in [6.07, 6.45) is 0. The fraction of sp³-hybridized carbons (Fsp3) is 0.273. The highest BCUT2D eigenvalue weighted by Gasteiger charge is 2.26. The normalized spacial score (nSPS) is 14.3. The van der Waals surface area contributed by atoms with Crippen molar-refractivity contribution in [2.45, 2.75) is 18.6 Å². The van der Waals surface area contributed by atoms with Gasteiger partial charge in [0.05, 0.1) is 11.7 Å². The van der Waals surface area contributed by atoms with E-state index in [1.807, 2.05) is 25.2 Å². The van der Waals surface area contributed by atoms with E-state index < -0.39 is 0 Å². The van der Waals surface area contributed by atoms with Gasteiger partial charge in [0.25, 0.3) is 0 Å². The van der Waals surface area contributed by atoms with Crippen molar-refractivity contribution in [3.05, 3.63) is 83.6 Å². The first-order valence-electron chi connectivity index (χ1n) is 9.62. The Morgan fingerprint density at radius 3 is 2.18 bits per heavy atom. The van der Waals surface area contributed by atoms with E-state index in [0.29, 0.717) is 18.5 Å². The molecule has 2 aromatic carbocycles. The Balaban J connectivity index is 1.52. The summed E-state index contributed by atoms with van der Waals surface area (Å²) in [5.74, 6) is 1.21. The van der Waals surface area contributed by atoms with Crippen LogP contribution in [0.1, 0.15) is 22.9 Å². The summed E-state index contributed by atoms with van der Waals surface area (Å²) in [4.78, 5) is 11.1. The lowest BCUT2D eigenvalue weighted by Gasteiger charge is -2.40. The molecule has 28 heavy (non-hydrogen) atoms. The van der Waals surface area contributed by atoms with Crippen molar-refractivity contribution >= 4 is 11.8 Å². The minimum Gasteiger partial charge on any atom is -0.368 e. The monoisotopic (exact) mass is 374 g/mol. The molecule has 0 atom stereocenters. The molecule has 2 heterocycles. The highest BCUT2D eigenvalue weighted by atomic mass is 15.3. The van der Waals surface area contributed by atoms with E-state index >= 15 is 0 Å². The third-order valence-electron chi connectivity index (χ3n) is 5.15. The van der Waals surface area contributed by atoms with Gasteiger partial charge in [-0.3, -0.25) is 0 Å². The molecule has 0 spiro atoms. The molecule has 6 nitrogen and oxygen atoms in total. The van der Waals surface area contributed by atoms with Gasteiger partial charge < -0.3 is 21.3 Å². The summed E-state index contributed by atoms with van der Waals surface area (Å²) in [7, 11) is 1.99. The van der Waals surface area contributed by atoms with Crippen molar-refractivity contribution in [1.82, 2.24) is 20.6 Å². The van der Waals surface area contributed by atoms with Gasteiger partial charge in [0.2, 0.25) is 5.95 Å². The van der Waals surface area contributed by atoms with Crippen LogP contribution in [0.4, 0.5) is 11.8 Å². The molecule has 1 aromatic heterocycles. The molecule has 3 aromatic rings. The minimum atomic E-state index is 0.0831. The molecule has 0 aliphatic carbocycles. The third-order valence-corrected chi connectivity index (χ3v) is 5.15. The van der Waals surface area contributed by atoms with E-state index in [1.165, 1.54) is 11.1 Å². The molecular formula is C22H26N6. The van der Waals surface area contributed by atoms with Crippen molar-refractivity contribution in [2.75, 3.05) is 30.8 Å². The summed E-state index contributed by atoms with van der Waals surface area (Å²) < 4.78 is 0. The van der Waals surface area contributed by atoms with Crippen LogP contribution in [0.25, 0.3) is 0 Å². The van der Waals surface area contributed by atoms with Crippen LogP contribution < -0.4 is 21.3 Å².